The number of aromatic nitrogens is 5. The Morgan fingerprint density at radius 2 is 1.68 bits per heavy atom. The predicted molar refractivity (Wildman–Crippen MR) is 128 cm³/mol. The van der Waals surface area contributed by atoms with Crippen molar-refractivity contribution >= 4 is 22.7 Å². The number of fused-ring (bicyclic) bond motifs is 2. The molecular formula is C25H19N5O3S. The summed E-state index contributed by atoms with van der Waals surface area (Å²) in [6.07, 6.45) is 0. The molecule has 0 unspecified atom stereocenters. The summed E-state index contributed by atoms with van der Waals surface area (Å²) in [7, 11) is 1.64. The average Bonchev–Trinajstić information content (AvgIpc) is 3.35. The highest BCUT2D eigenvalue weighted by molar-refractivity contribution is 7.99. The number of tetrazole rings is 1. The summed E-state index contributed by atoms with van der Waals surface area (Å²) >= 11 is 1.40. The lowest BCUT2D eigenvalue weighted by atomic mass is 10.0. The van der Waals surface area contributed by atoms with E-state index in [1.54, 1.807) is 11.8 Å². The van der Waals surface area contributed by atoms with Crippen molar-refractivity contribution < 1.29 is 14.2 Å². The Bertz CT molecular complexity index is 1470. The topological polar surface area (TPSA) is 84.2 Å². The van der Waals surface area contributed by atoms with Gasteiger partial charge in [-0.15, -0.1) is 5.10 Å². The fraction of sp³-hybridized carbons (Fsp3) is 0.120. The van der Waals surface area contributed by atoms with Crippen molar-refractivity contribution in [2.75, 3.05) is 20.3 Å². The zero-order chi connectivity index (χ0) is 22.9. The molecule has 0 radical (unpaired) electrons. The van der Waals surface area contributed by atoms with Crippen LogP contribution in [-0.2, 0) is 0 Å². The van der Waals surface area contributed by atoms with Gasteiger partial charge in [0.1, 0.15) is 24.0 Å². The second-order valence-corrected chi connectivity index (χ2v) is 8.55. The van der Waals surface area contributed by atoms with Crippen LogP contribution in [0.25, 0.3) is 27.7 Å². The van der Waals surface area contributed by atoms with Crippen LogP contribution in [0, 0.1) is 0 Å². The molecule has 9 heteroatoms. The van der Waals surface area contributed by atoms with Crippen LogP contribution >= 0.6 is 11.8 Å². The van der Waals surface area contributed by atoms with E-state index in [1.165, 1.54) is 11.8 Å². The number of benzene rings is 3. The second kappa shape index (κ2) is 8.68. The van der Waals surface area contributed by atoms with Crippen LogP contribution in [-0.4, -0.2) is 45.5 Å². The molecule has 2 aromatic heterocycles. The van der Waals surface area contributed by atoms with Gasteiger partial charge in [0.05, 0.1) is 18.3 Å². The molecule has 3 heterocycles. The molecule has 168 valence electrons. The maximum atomic E-state index is 5.82. The minimum Gasteiger partial charge on any atom is -0.497 e. The van der Waals surface area contributed by atoms with Gasteiger partial charge in [0.15, 0.2) is 11.5 Å². The summed E-state index contributed by atoms with van der Waals surface area (Å²) in [6.45, 7) is 1.06. The Balaban J connectivity index is 1.45. The standard InChI is InChI=1S/C25H19N5O3S/c1-31-18-9-7-17(8-10-18)30-25(27-28-29-30)34-24-14-19(16-5-3-2-4-6-16)20-13-22-23(15-21(20)26-24)33-12-11-32-22/h2-10,13-15H,11-12H2,1H3. The third-order valence-corrected chi connectivity index (χ3v) is 6.34. The van der Waals surface area contributed by atoms with Gasteiger partial charge < -0.3 is 14.2 Å². The number of hydrogen-bond acceptors (Lipinski definition) is 8. The van der Waals surface area contributed by atoms with Gasteiger partial charge >= 0.3 is 0 Å². The Kier molecular flexibility index (Phi) is 5.23. The van der Waals surface area contributed by atoms with Crippen molar-refractivity contribution in [2.45, 2.75) is 10.2 Å². The number of hydrogen-bond donors (Lipinski definition) is 0. The van der Waals surface area contributed by atoms with E-state index in [0.29, 0.717) is 24.1 Å². The summed E-state index contributed by atoms with van der Waals surface area (Å²) < 4.78 is 18.6. The molecule has 0 amide bonds. The largest absolute Gasteiger partial charge is 0.497 e. The van der Waals surface area contributed by atoms with Crippen LogP contribution in [0.4, 0.5) is 0 Å². The number of pyridine rings is 1. The van der Waals surface area contributed by atoms with Gasteiger partial charge in [0.25, 0.3) is 0 Å². The normalized spacial score (nSPS) is 12.6. The van der Waals surface area contributed by atoms with Crippen molar-refractivity contribution in [3.8, 4) is 34.1 Å². The molecule has 1 aliphatic heterocycles. The Hall–Kier alpha value is -4.11. The maximum absolute atomic E-state index is 5.82. The molecule has 3 aromatic carbocycles. The molecule has 0 aliphatic carbocycles. The molecular weight excluding hydrogens is 450 g/mol. The van der Waals surface area contributed by atoms with Crippen molar-refractivity contribution in [3.05, 3.63) is 72.8 Å². The third kappa shape index (κ3) is 3.80. The maximum Gasteiger partial charge on any atom is 0.220 e. The number of nitrogens with zero attached hydrogens (tertiary/aromatic N) is 5. The Labute approximate surface area is 199 Å². The molecule has 8 nitrogen and oxygen atoms in total. The summed E-state index contributed by atoms with van der Waals surface area (Å²) in [6, 6.07) is 23.8. The van der Waals surface area contributed by atoms with Gasteiger partial charge in [0, 0.05) is 11.5 Å². The van der Waals surface area contributed by atoms with Crippen LogP contribution in [0.2, 0.25) is 0 Å². The van der Waals surface area contributed by atoms with E-state index < -0.39 is 0 Å². The Morgan fingerprint density at radius 3 is 2.44 bits per heavy atom. The van der Waals surface area contributed by atoms with Crippen molar-refractivity contribution in [2.24, 2.45) is 0 Å². The van der Waals surface area contributed by atoms with E-state index in [1.807, 2.05) is 54.6 Å². The molecule has 34 heavy (non-hydrogen) atoms. The first kappa shape index (κ1) is 20.5. The van der Waals surface area contributed by atoms with Gasteiger partial charge in [0.2, 0.25) is 5.16 Å². The first-order valence-electron chi connectivity index (χ1n) is 10.7. The second-order valence-electron chi connectivity index (χ2n) is 7.56. The quantitative estimate of drug-likeness (QED) is 0.363. The van der Waals surface area contributed by atoms with Gasteiger partial charge in [-0.05, 0) is 69.7 Å². The van der Waals surface area contributed by atoms with E-state index in [9.17, 15) is 0 Å². The lowest BCUT2D eigenvalue weighted by molar-refractivity contribution is 0.172. The number of methoxy groups -OCH3 is 1. The van der Waals surface area contributed by atoms with Crippen LogP contribution in [0.1, 0.15) is 0 Å². The first-order valence-corrected chi connectivity index (χ1v) is 11.5. The highest BCUT2D eigenvalue weighted by Gasteiger charge is 2.18. The van der Waals surface area contributed by atoms with E-state index >= 15 is 0 Å². The number of rotatable bonds is 5. The molecule has 1 aliphatic rings. The van der Waals surface area contributed by atoms with Gasteiger partial charge in [-0.25, -0.2) is 4.98 Å². The van der Waals surface area contributed by atoms with Crippen LogP contribution in [0.3, 0.4) is 0 Å². The third-order valence-electron chi connectivity index (χ3n) is 5.49. The van der Waals surface area contributed by atoms with E-state index in [-0.39, 0.29) is 0 Å². The summed E-state index contributed by atoms with van der Waals surface area (Å²) in [4.78, 5) is 4.91. The molecule has 0 atom stereocenters. The monoisotopic (exact) mass is 469 g/mol. The zero-order valence-electron chi connectivity index (χ0n) is 18.2. The SMILES string of the molecule is COc1ccc(-n2nnnc2Sc2cc(-c3ccccc3)c3cc4c(cc3n2)OCCO4)cc1. The fourth-order valence-electron chi connectivity index (χ4n) is 3.87. The Morgan fingerprint density at radius 1 is 0.912 bits per heavy atom. The molecule has 5 aromatic rings. The summed E-state index contributed by atoms with van der Waals surface area (Å²) in [5.74, 6) is 2.21. The molecule has 0 spiro atoms. The average molecular weight is 470 g/mol. The molecule has 0 saturated carbocycles. The smallest absolute Gasteiger partial charge is 0.220 e. The minimum atomic E-state index is 0.523. The first-order chi connectivity index (χ1) is 16.8. The molecule has 0 bridgehead atoms. The van der Waals surface area contributed by atoms with E-state index in [2.05, 4.69) is 33.7 Å². The number of ether oxygens (including phenoxy) is 3. The molecule has 0 fully saturated rings. The van der Waals surface area contributed by atoms with Crippen LogP contribution in [0.15, 0.2) is 83.0 Å². The van der Waals surface area contributed by atoms with E-state index in [4.69, 9.17) is 19.2 Å². The van der Waals surface area contributed by atoms with Gasteiger partial charge in [-0.3, -0.25) is 0 Å². The predicted octanol–water partition coefficient (Wildman–Crippen LogP) is 4.81. The van der Waals surface area contributed by atoms with Gasteiger partial charge in [-0.1, -0.05) is 30.3 Å². The van der Waals surface area contributed by atoms with Crippen LogP contribution < -0.4 is 14.2 Å². The van der Waals surface area contributed by atoms with Crippen LogP contribution in [0.5, 0.6) is 17.2 Å². The molecule has 6 rings (SSSR count). The molecule has 0 N–H and O–H groups in total. The summed E-state index contributed by atoms with van der Waals surface area (Å²) in [5.41, 5.74) is 3.78. The minimum absolute atomic E-state index is 0.523. The van der Waals surface area contributed by atoms with Crippen molar-refractivity contribution in [1.82, 2.24) is 25.2 Å². The molecule has 0 saturated heterocycles. The van der Waals surface area contributed by atoms with Crippen molar-refractivity contribution in [3.63, 3.8) is 0 Å². The van der Waals surface area contributed by atoms with E-state index in [0.717, 1.165) is 44.2 Å². The summed E-state index contributed by atoms with van der Waals surface area (Å²) in [5, 5.41) is 14.7. The zero-order valence-corrected chi connectivity index (χ0v) is 19.0. The lowest BCUT2D eigenvalue weighted by Crippen LogP contribution is -2.15. The highest BCUT2D eigenvalue weighted by Crippen LogP contribution is 2.40. The fourth-order valence-corrected chi connectivity index (χ4v) is 4.68. The lowest BCUT2D eigenvalue weighted by Gasteiger charge is -2.20. The van der Waals surface area contributed by atoms with Crippen molar-refractivity contribution in [1.29, 1.82) is 0 Å². The highest BCUT2D eigenvalue weighted by atomic mass is 32.2. The van der Waals surface area contributed by atoms with Gasteiger partial charge in [-0.2, -0.15) is 4.68 Å².